The van der Waals surface area contributed by atoms with Gasteiger partial charge < -0.3 is 15.7 Å². The molecule has 0 aliphatic heterocycles. The summed E-state index contributed by atoms with van der Waals surface area (Å²) >= 11 is 0.911. The molecule has 3 N–H and O–H groups in total. The number of aromatic nitrogens is 2. The van der Waals surface area contributed by atoms with E-state index in [2.05, 4.69) is 14.5 Å². The monoisotopic (exact) mass is 244 g/mol. The first-order chi connectivity index (χ1) is 7.65. The van der Waals surface area contributed by atoms with Gasteiger partial charge in [0.25, 0.3) is 0 Å². The molecule has 0 saturated carbocycles. The van der Waals surface area contributed by atoms with E-state index in [1.165, 1.54) is 0 Å². The first kappa shape index (κ1) is 12.4. The highest BCUT2D eigenvalue weighted by molar-refractivity contribution is 7.09. The number of oxime groups is 1. The van der Waals surface area contributed by atoms with Gasteiger partial charge in [-0.25, -0.2) is 4.79 Å². The van der Waals surface area contributed by atoms with Crippen molar-refractivity contribution < 1.29 is 14.7 Å². The summed E-state index contributed by atoms with van der Waals surface area (Å²) in [6.45, 7) is 2.36. The van der Waals surface area contributed by atoms with Gasteiger partial charge in [0.15, 0.2) is 5.13 Å². The molecule has 1 heterocycles. The number of rotatable bonds is 6. The van der Waals surface area contributed by atoms with E-state index >= 15 is 0 Å². The lowest BCUT2D eigenvalue weighted by atomic mass is 10.3. The molecule has 1 aromatic rings. The van der Waals surface area contributed by atoms with Crippen LogP contribution in [0.5, 0.6) is 0 Å². The molecule has 0 aliphatic carbocycles. The number of nitrogens with two attached hydrogens (primary N) is 1. The van der Waals surface area contributed by atoms with Gasteiger partial charge in [-0.3, -0.25) is 0 Å². The summed E-state index contributed by atoms with van der Waals surface area (Å²) in [6, 6.07) is 0. The van der Waals surface area contributed by atoms with E-state index < -0.39 is 5.97 Å². The van der Waals surface area contributed by atoms with Crippen LogP contribution >= 0.6 is 11.5 Å². The minimum Gasteiger partial charge on any atom is -0.476 e. The Morgan fingerprint density at radius 2 is 2.44 bits per heavy atom. The Morgan fingerprint density at radius 1 is 1.69 bits per heavy atom. The van der Waals surface area contributed by atoms with Crippen molar-refractivity contribution in [3.8, 4) is 0 Å². The second kappa shape index (κ2) is 6.01. The van der Waals surface area contributed by atoms with Crippen molar-refractivity contribution in [2.24, 2.45) is 5.16 Å². The van der Waals surface area contributed by atoms with E-state index in [1.54, 1.807) is 0 Å². The van der Waals surface area contributed by atoms with Gasteiger partial charge in [-0.15, -0.1) is 0 Å². The van der Waals surface area contributed by atoms with Gasteiger partial charge in [0.05, 0.1) is 0 Å². The van der Waals surface area contributed by atoms with Gasteiger partial charge in [0.1, 0.15) is 6.61 Å². The second-order valence-corrected chi connectivity index (χ2v) is 3.67. The van der Waals surface area contributed by atoms with Gasteiger partial charge >= 0.3 is 5.97 Å². The molecule has 1 aromatic heterocycles. The van der Waals surface area contributed by atoms with Crippen molar-refractivity contribution in [3.63, 3.8) is 0 Å². The van der Waals surface area contributed by atoms with Crippen LogP contribution in [0.4, 0.5) is 5.13 Å². The van der Waals surface area contributed by atoms with Crippen molar-refractivity contribution in [2.75, 3.05) is 12.3 Å². The fourth-order valence-corrected chi connectivity index (χ4v) is 1.26. The molecule has 1 rings (SSSR count). The SMILES string of the molecule is CCCCO/N=C(\C(=O)O)c1nsc(N)n1. The normalized spacial score (nSPS) is 11.4. The molecule has 8 heteroatoms. The molecule has 0 aliphatic rings. The van der Waals surface area contributed by atoms with Gasteiger partial charge in [-0.2, -0.15) is 9.36 Å². The first-order valence-corrected chi connectivity index (χ1v) is 5.45. The number of carboxylic acids is 1. The molecular formula is C8H12N4O3S. The fourth-order valence-electron chi connectivity index (χ4n) is 0.826. The second-order valence-electron chi connectivity index (χ2n) is 2.89. The van der Waals surface area contributed by atoms with Crippen LogP contribution in [-0.2, 0) is 9.63 Å². The number of unbranched alkanes of at least 4 members (excludes halogenated alkanes) is 1. The van der Waals surface area contributed by atoms with Crippen LogP contribution < -0.4 is 5.73 Å². The molecule has 88 valence electrons. The Hall–Kier alpha value is -1.70. The lowest BCUT2D eigenvalue weighted by molar-refractivity contribution is -0.129. The Kier molecular flexibility index (Phi) is 4.65. The number of hydrogen-bond acceptors (Lipinski definition) is 7. The third kappa shape index (κ3) is 3.46. The molecule has 0 amide bonds. The summed E-state index contributed by atoms with van der Waals surface area (Å²) in [5.41, 5.74) is 5.02. The van der Waals surface area contributed by atoms with Crippen LogP contribution in [0.2, 0.25) is 0 Å². The minimum absolute atomic E-state index is 0.0218. The fraction of sp³-hybridized carbons (Fsp3) is 0.500. The minimum atomic E-state index is -1.24. The van der Waals surface area contributed by atoms with Crippen LogP contribution in [0.1, 0.15) is 25.6 Å². The molecule has 7 nitrogen and oxygen atoms in total. The Balaban J connectivity index is 2.71. The highest BCUT2D eigenvalue weighted by Crippen LogP contribution is 2.07. The van der Waals surface area contributed by atoms with Crippen molar-refractivity contribution >= 4 is 28.3 Å². The van der Waals surface area contributed by atoms with E-state index in [0.29, 0.717) is 6.61 Å². The maximum Gasteiger partial charge on any atom is 0.362 e. The van der Waals surface area contributed by atoms with Gasteiger partial charge in [0, 0.05) is 11.5 Å². The Morgan fingerprint density at radius 3 is 2.94 bits per heavy atom. The maximum atomic E-state index is 10.8. The molecule has 0 fully saturated rings. The zero-order valence-electron chi connectivity index (χ0n) is 8.71. The number of anilines is 1. The average Bonchev–Trinajstić information content (AvgIpc) is 2.64. The van der Waals surface area contributed by atoms with Crippen molar-refractivity contribution in [3.05, 3.63) is 5.82 Å². The smallest absolute Gasteiger partial charge is 0.362 e. The quantitative estimate of drug-likeness (QED) is 0.433. The molecule has 0 spiro atoms. The number of aliphatic carboxylic acids is 1. The number of nitrogens with zero attached hydrogens (tertiary/aromatic N) is 3. The molecule has 0 saturated heterocycles. The summed E-state index contributed by atoms with van der Waals surface area (Å²) in [5.74, 6) is -1.26. The Bertz CT molecular complexity index is 390. The molecular weight excluding hydrogens is 232 g/mol. The van der Waals surface area contributed by atoms with E-state index in [0.717, 1.165) is 24.4 Å². The third-order valence-electron chi connectivity index (χ3n) is 1.60. The lowest BCUT2D eigenvalue weighted by Gasteiger charge is -1.98. The maximum absolute atomic E-state index is 10.8. The molecule has 0 bridgehead atoms. The number of carbonyl (C=O) groups is 1. The molecule has 0 aromatic carbocycles. The van der Waals surface area contributed by atoms with Gasteiger partial charge in [-0.05, 0) is 6.42 Å². The number of nitrogen functional groups attached to an aromatic ring is 1. The van der Waals surface area contributed by atoms with E-state index in [1.807, 2.05) is 6.92 Å². The largest absolute Gasteiger partial charge is 0.476 e. The number of carboxylic acid groups (broad SMARTS) is 1. The van der Waals surface area contributed by atoms with Crippen molar-refractivity contribution in [2.45, 2.75) is 19.8 Å². The Labute approximate surface area is 96.1 Å². The lowest BCUT2D eigenvalue weighted by Crippen LogP contribution is -2.17. The van der Waals surface area contributed by atoms with E-state index in [-0.39, 0.29) is 16.7 Å². The van der Waals surface area contributed by atoms with Crippen LogP contribution in [0.3, 0.4) is 0 Å². The predicted octanol–water partition coefficient (Wildman–Crippen LogP) is 0.726. The number of hydrogen-bond donors (Lipinski definition) is 2. The molecule has 0 radical (unpaired) electrons. The predicted molar refractivity (Wildman–Crippen MR) is 59.4 cm³/mol. The average molecular weight is 244 g/mol. The summed E-state index contributed by atoms with van der Waals surface area (Å²) in [6.07, 6.45) is 1.75. The highest BCUT2D eigenvalue weighted by Gasteiger charge is 2.18. The molecule has 0 atom stereocenters. The van der Waals surface area contributed by atoms with E-state index in [4.69, 9.17) is 15.7 Å². The zero-order chi connectivity index (χ0) is 12.0. The molecule has 16 heavy (non-hydrogen) atoms. The topological polar surface area (TPSA) is 111 Å². The van der Waals surface area contributed by atoms with Crippen LogP contribution in [0, 0.1) is 0 Å². The zero-order valence-corrected chi connectivity index (χ0v) is 9.53. The van der Waals surface area contributed by atoms with Crippen LogP contribution in [0.15, 0.2) is 5.16 Å². The van der Waals surface area contributed by atoms with Crippen LogP contribution in [-0.4, -0.2) is 32.8 Å². The third-order valence-corrected chi connectivity index (χ3v) is 2.14. The van der Waals surface area contributed by atoms with Crippen LogP contribution in [0.25, 0.3) is 0 Å². The summed E-state index contributed by atoms with van der Waals surface area (Å²) in [4.78, 5) is 19.4. The van der Waals surface area contributed by atoms with Gasteiger partial charge in [0.2, 0.25) is 11.5 Å². The van der Waals surface area contributed by atoms with Gasteiger partial charge in [-0.1, -0.05) is 18.5 Å². The summed E-state index contributed by atoms with van der Waals surface area (Å²) < 4.78 is 3.75. The summed E-state index contributed by atoms with van der Waals surface area (Å²) in [5, 5.41) is 12.5. The van der Waals surface area contributed by atoms with E-state index in [9.17, 15) is 4.79 Å². The molecule has 0 unspecified atom stereocenters. The first-order valence-electron chi connectivity index (χ1n) is 4.68. The van der Waals surface area contributed by atoms with Crippen molar-refractivity contribution in [1.82, 2.24) is 9.36 Å². The van der Waals surface area contributed by atoms with Crippen molar-refractivity contribution in [1.29, 1.82) is 0 Å². The standard InChI is InChI=1S/C8H12N4O3S/c1-2-3-4-15-11-5(7(13)14)6-10-8(9)16-12-6/h2-4H2,1H3,(H,13,14)(H2,9,10,12)/b11-5-. The highest BCUT2D eigenvalue weighted by atomic mass is 32.1. The summed E-state index contributed by atoms with van der Waals surface area (Å²) in [7, 11) is 0.